The van der Waals surface area contributed by atoms with Crippen LogP contribution in [0.5, 0.6) is 0 Å². The van der Waals surface area contributed by atoms with Gasteiger partial charge in [-0.05, 0) is 76.0 Å². The van der Waals surface area contributed by atoms with E-state index in [0.717, 1.165) is 5.57 Å². The Morgan fingerprint density at radius 1 is 0.960 bits per heavy atom. The molecule has 0 amide bonds. The van der Waals surface area contributed by atoms with Gasteiger partial charge < -0.3 is 5.11 Å². The van der Waals surface area contributed by atoms with Crippen LogP contribution in [0.15, 0.2) is 69.9 Å². The molecule has 0 unspecified atom stereocenters. The fourth-order valence-corrected chi connectivity index (χ4v) is 3.53. The van der Waals surface area contributed by atoms with Crippen LogP contribution in [-0.4, -0.2) is 11.7 Å². The van der Waals surface area contributed by atoms with Gasteiger partial charge >= 0.3 is 0 Å². The third-order valence-corrected chi connectivity index (χ3v) is 4.94. The SMILES string of the molecule is CC1=C(/C(C)=C/C=C(C)/C=C/C(C)=C/C=C(\C)CO)C(C)(C)CCC1. The molecular formula is C24H36O. The summed E-state index contributed by atoms with van der Waals surface area (Å²) in [5, 5.41) is 9.02. The maximum atomic E-state index is 9.02. The maximum Gasteiger partial charge on any atom is 0.0642 e. The topological polar surface area (TPSA) is 20.2 Å². The molecule has 1 N–H and O–H groups in total. The number of aliphatic hydroxyl groups is 1. The van der Waals surface area contributed by atoms with Crippen molar-refractivity contribution in [2.24, 2.45) is 5.41 Å². The van der Waals surface area contributed by atoms with E-state index < -0.39 is 0 Å². The van der Waals surface area contributed by atoms with Crippen LogP contribution in [0.25, 0.3) is 0 Å². The van der Waals surface area contributed by atoms with Crippen LogP contribution in [0.2, 0.25) is 0 Å². The summed E-state index contributed by atoms with van der Waals surface area (Å²) in [5.41, 5.74) is 8.16. The first-order valence-electron chi connectivity index (χ1n) is 9.36. The van der Waals surface area contributed by atoms with Gasteiger partial charge in [-0.15, -0.1) is 0 Å². The number of hydrogen-bond donors (Lipinski definition) is 1. The molecule has 0 aliphatic heterocycles. The Bertz CT molecular complexity index is 646. The lowest BCUT2D eigenvalue weighted by Gasteiger charge is -2.35. The summed E-state index contributed by atoms with van der Waals surface area (Å²) in [4.78, 5) is 0. The minimum atomic E-state index is 0.113. The van der Waals surface area contributed by atoms with Gasteiger partial charge in [0.25, 0.3) is 0 Å². The van der Waals surface area contributed by atoms with Gasteiger partial charge in [0.2, 0.25) is 0 Å². The van der Waals surface area contributed by atoms with E-state index in [2.05, 4.69) is 65.8 Å². The summed E-state index contributed by atoms with van der Waals surface area (Å²) in [7, 11) is 0. The highest BCUT2D eigenvalue weighted by Crippen LogP contribution is 2.43. The monoisotopic (exact) mass is 340 g/mol. The lowest BCUT2D eigenvalue weighted by Crippen LogP contribution is -2.21. The summed E-state index contributed by atoms with van der Waals surface area (Å²) >= 11 is 0. The minimum Gasteiger partial charge on any atom is -0.392 e. The molecule has 1 nitrogen and oxygen atoms in total. The van der Waals surface area contributed by atoms with E-state index in [1.807, 2.05) is 19.1 Å². The quantitative estimate of drug-likeness (QED) is 0.524. The first-order valence-corrected chi connectivity index (χ1v) is 9.36. The van der Waals surface area contributed by atoms with Crippen molar-refractivity contribution in [3.05, 3.63) is 69.9 Å². The molecule has 0 aromatic carbocycles. The molecular weight excluding hydrogens is 304 g/mol. The Morgan fingerprint density at radius 2 is 1.52 bits per heavy atom. The van der Waals surface area contributed by atoms with E-state index in [9.17, 15) is 0 Å². The smallest absolute Gasteiger partial charge is 0.0642 e. The van der Waals surface area contributed by atoms with Crippen LogP contribution in [0.4, 0.5) is 0 Å². The van der Waals surface area contributed by atoms with Crippen molar-refractivity contribution >= 4 is 0 Å². The van der Waals surface area contributed by atoms with Crippen molar-refractivity contribution in [3.8, 4) is 0 Å². The Morgan fingerprint density at radius 3 is 2.04 bits per heavy atom. The number of allylic oxidation sites excluding steroid dienone is 11. The van der Waals surface area contributed by atoms with E-state index in [1.54, 1.807) is 11.1 Å². The predicted molar refractivity (Wildman–Crippen MR) is 112 cm³/mol. The van der Waals surface area contributed by atoms with Crippen LogP contribution < -0.4 is 0 Å². The van der Waals surface area contributed by atoms with Crippen molar-refractivity contribution < 1.29 is 5.11 Å². The zero-order valence-electron chi connectivity index (χ0n) is 17.2. The van der Waals surface area contributed by atoms with Crippen LogP contribution in [0.3, 0.4) is 0 Å². The largest absolute Gasteiger partial charge is 0.392 e. The van der Waals surface area contributed by atoms with E-state index in [1.165, 1.54) is 36.0 Å². The summed E-state index contributed by atoms with van der Waals surface area (Å²) in [6.45, 7) is 15.5. The van der Waals surface area contributed by atoms with Gasteiger partial charge in [0.15, 0.2) is 0 Å². The fraction of sp³-hybridized carbons (Fsp3) is 0.500. The summed E-state index contributed by atoms with van der Waals surface area (Å²) in [5.74, 6) is 0. The summed E-state index contributed by atoms with van der Waals surface area (Å²) in [6, 6.07) is 0. The number of aliphatic hydroxyl groups excluding tert-OH is 1. The van der Waals surface area contributed by atoms with Crippen molar-refractivity contribution in [2.75, 3.05) is 6.61 Å². The van der Waals surface area contributed by atoms with Crippen molar-refractivity contribution in [3.63, 3.8) is 0 Å². The second-order valence-electron chi connectivity index (χ2n) is 8.07. The standard InChI is InChI=1S/C24H36O/c1-18(12-13-20(3)17-25)10-11-19(2)14-15-22(5)23-21(4)9-8-16-24(23,6)7/h10-15,25H,8-9,16-17H2,1-7H3/b11-10+,18-12+,19-14+,20-13+,22-15+. The van der Waals surface area contributed by atoms with Crippen LogP contribution in [-0.2, 0) is 0 Å². The predicted octanol–water partition coefficient (Wildman–Crippen LogP) is 6.85. The van der Waals surface area contributed by atoms with Gasteiger partial charge in [-0.1, -0.05) is 67.0 Å². The zero-order chi connectivity index (χ0) is 19.0. The van der Waals surface area contributed by atoms with E-state index in [0.29, 0.717) is 0 Å². The Kier molecular flexibility index (Phi) is 8.38. The molecule has 0 spiro atoms. The van der Waals surface area contributed by atoms with E-state index in [4.69, 9.17) is 5.11 Å². The van der Waals surface area contributed by atoms with Crippen LogP contribution in [0.1, 0.15) is 67.7 Å². The van der Waals surface area contributed by atoms with Crippen molar-refractivity contribution in [2.45, 2.75) is 67.7 Å². The molecule has 0 saturated carbocycles. The molecule has 25 heavy (non-hydrogen) atoms. The lowest BCUT2D eigenvalue weighted by atomic mass is 9.70. The Labute approximate surface area is 155 Å². The highest BCUT2D eigenvalue weighted by molar-refractivity contribution is 5.42. The van der Waals surface area contributed by atoms with Crippen molar-refractivity contribution in [1.29, 1.82) is 0 Å². The molecule has 0 aromatic heterocycles. The molecule has 0 aromatic rings. The van der Waals surface area contributed by atoms with Crippen LogP contribution >= 0.6 is 0 Å². The number of rotatable bonds is 6. The molecule has 1 rings (SSSR count). The molecule has 0 atom stereocenters. The van der Waals surface area contributed by atoms with Gasteiger partial charge in [0, 0.05) is 0 Å². The highest BCUT2D eigenvalue weighted by atomic mass is 16.3. The van der Waals surface area contributed by atoms with Crippen molar-refractivity contribution in [1.82, 2.24) is 0 Å². The zero-order valence-corrected chi connectivity index (χ0v) is 17.2. The lowest BCUT2D eigenvalue weighted by molar-refractivity contribution is 0.331. The fourth-order valence-electron chi connectivity index (χ4n) is 3.53. The second-order valence-corrected chi connectivity index (χ2v) is 8.07. The third kappa shape index (κ3) is 7.04. The van der Waals surface area contributed by atoms with E-state index in [-0.39, 0.29) is 12.0 Å². The van der Waals surface area contributed by atoms with Gasteiger partial charge in [-0.3, -0.25) is 0 Å². The van der Waals surface area contributed by atoms with Gasteiger partial charge in [0.1, 0.15) is 0 Å². The molecule has 0 fully saturated rings. The minimum absolute atomic E-state index is 0.113. The molecule has 1 heteroatoms. The molecule has 1 aliphatic carbocycles. The normalized spacial score (nSPS) is 20.6. The molecule has 0 radical (unpaired) electrons. The molecule has 0 saturated heterocycles. The molecule has 138 valence electrons. The average Bonchev–Trinajstić information content (AvgIpc) is 2.54. The molecule has 0 bridgehead atoms. The average molecular weight is 341 g/mol. The van der Waals surface area contributed by atoms with Crippen LogP contribution in [0, 0.1) is 5.41 Å². The molecule has 1 aliphatic rings. The second kappa shape index (κ2) is 9.77. The summed E-state index contributed by atoms with van der Waals surface area (Å²) < 4.78 is 0. The van der Waals surface area contributed by atoms with Gasteiger partial charge in [-0.2, -0.15) is 0 Å². The third-order valence-electron chi connectivity index (χ3n) is 4.94. The van der Waals surface area contributed by atoms with E-state index >= 15 is 0 Å². The first-order chi connectivity index (χ1) is 11.7. The number of hydrogen-bond acceptors (Lipinski definition) is 1. The Hall–Kier alpha value is -1.60. The van der Waals surface area contributed by atoms with Gasteiger partial charge in [0.05, 0.1) is 6.61 Å². The van der Waals surface area contributed by atoms with Gasteiger partial charge in [-0.25, -0.2) is 0 Å². The Balaban J connectivity index is 2.89. The molecule has 0 heterocycles. The summed E-state index contributed by atoms with van der Waals surface area (Å²) in [6.07, 6.45) is 16.5. The first kappa shape index (κ1) is 21.4. The highest BCUT2D eigenvalue weighted by Gasteiger charge is 2.28. The maximum absolute atomic E-state index is 9.02.